The number of aliphatic hydroxyl groups excluding tert-OH is 1. The molecule has 0 saturated carbocycles. The van der Waals surface area contributed by atoms with Gasteiger partial charge in [-0.3, -0.25) is 4.79 Å². The van der Waals surface area contributed by atoms with Crippen molar-refractivity contribution in [2.24, 2.45) is 0 Å². The summed E-state index contributed by atoms with van der Waals surface area (Å²) in [5.41, 5.74) is 0.934. The zero-order valence-corrected chi connectivity index (χ0v) is 18.8. The Morgan fingerprint density at radius 3 is 2.43 bits per heavy atom. The summed E-state index contributed by atoms with van der Waals surface area (Å²) in [4.78, 5) is 28.0. The van der Waals surface area contributed by atoms with E-state index >= 15 is 0 Å². The van der Waals surface area contributed by atoms with Gasteiger partial charge >= 0.3 is 5.97 Å². The molecule has 0 unspecified atom stereocenters. The van der Waals surface area contributed by atoms with Gasteiger partial charge in [-0.25, -0.2) is 9.78 Å². The smallest absolute Gasteiger partial charge is 0.337 e. The molecular weight excluding hydrogens is 448 g/mol. The van der Waals surface area contributed by atoms with Crippen LogP contribution in [0.4, 0.5) is 5.69 Å². The Balaban J connectivity index is 1.39. The number of pyridine rings is 1. The maximum Gasteiger partial charge on any atom is 0.337 e. The van der Waals surface area contributed by atoms with Gasteiger partial charge in [0, 0.05) is 25.3 Å². The molecule has 178 valence electrons. The Morgan fingerprint density at radius 1 is 0.914 bits per heavy atom. The Kier molecular flexibility index (Phi) is 7.54. The van der Waals surface area contributed by atoms with Gasteiger partial charge in [-0.15, -0.1) is 0 Å². The molecule has 8 nitrogen and oxygen atoms in total. The van der Waals surface area contributed by atoms with Crippen LogP contribution in [0, 0.1) is 0 Å². The molecule has 4 aromatic rings. The van der Waals surface area contributed by atoms with Crippen LogP contribution >= 0.6 is 0 Å². The Bertz CT molecular complexity index is 1340. The van der Waals surface area contributed by atoms with Crippen LogP contribution in [0.25, 0.3) is 10.8 Å². The number of para-hydroxylation sites is 1. The first-order chi connectivity index (χ1) is 17.0. The van der Waals surface area contributed by atoms with Crippen molar-refractivity contribution in [3.8, 4) is 17.4 Å². The average Bonchev–Trinajstić information content (AvgIpc) is 2.85. The molecule has 3 aromatic carbocycles. The van der Waals surface area contributed by atoms with E-state index in [2.05, 4.69) is 10.3 Å². The molecule has 0 saturated heterocycles. The van der Waals surface area contributed by atoms with Crippen molar-refractivity contribution in [1.82, 2.24) is 4.98 Å². The maximum absolute atomic E-state index is 12.4. The highest BCUT2D eigenvalue weighted by atomic mass is 16.5. The van der Waals surface area contributed by atoms with Crippen molar-refractivity contribution < 1.29 is 29.3 Å². The fourth-order valence-electron chi connectivity index (χ4n) is 3.47. The molecule has 0 bridgehead atoms. The second-order valence-corrected chi connectivity index (χ2v) is 7.78. The van der Waals surface area contributed by atoms with Crippen LogP contribution in [-0.4, -0.2) is 40.3 Å². The minimum absolute atomic E-state index is 0.0296. The van der Waals surface area contributed by atoms with E-state index in [0.29, 0.717) is 30.2 Å². The van der Waals surface area contributed by atoms with Crippen molar-refractivity contribution in [1.29, 1.82) is 0 Å². The number of carboxylic acid groups (broad SMARTS) is 1. The number of carboxylic acids is 1. The van der Waals surface area contributed by atoms with Crippen molar-refractivity contribution >= 4 is 28.3 Å². The Morgan fingerprint density at radius 2 is 1.69 bits per heavy atom. The molecule has 3 N–H and O–H groups in total. The minimum atomic E-state index is -1.11. The standard InChI is InChI=1S/C27H24N2O6/c30-12-3-13-34-21-9-7-19-8-10-22(16-20(19)15-21)35-26-11-6-18(17-28-26)14-25(31)29-24-5-2-1-4-23(24)27(32)33/h1-2,4-11,15-17,30H,3,12-14H2,(H,29,31)(H,32,33). The van der Waals surface area contributed by atoms with Gasteiger partial charge in [0.25, 0.3) is 0 Å². The summed E-state index contributed by atoms with van der Waals surface area (Å²) in [6.45, 7) is 0.527. The number of ether oxygens (including phenoxy) is 2. The van der Waals surface area contributed by atoms with Crippen LogP contribution in [0.15, 0.2) is 79.0 Å². The number of carbonyl (C=O) groups excluding carboxylic acids is 1. The van der Waals surface area contributed by atoms with Crippen molar-refractivity contribution in [3.63, 3.8) is 0 Å². The molecular formula is C27H24N2O6. The van der Waals surface area contributed by atoms with Gasteiger partial charge in [0.05, 0.1) is 24.3 Å². The van der Waals surface area contributed by atoms with Crippen molar-refractivity contribution in [2.45, 2.75) is 12.8 Å². The average molecular weight is 472 g/mol. The van der Waals surface area contributed by atoms with Crippen molar-refractivity contribution in [3.05, 3.63) is 90.1 Å². The van der Waals surface area contributed by atoms with E-state index in [1.54, 1.807) is 36.5 Å². The van der Waals surface area contributed by atoms with E-state index < -0.39 is 5.97 Å². The number of aliphatic hydroxyl groups is 1. The van der Waals surface area contributed by atoms with Gasteiger partial charge < -0.3 is 25.0 Å². The molecule has 1 aromatic heterocycles. The van der Waals surface area contributed by atoms with Gasteiger partial charge in [0.2, 0.25) is 11.8 Å². The summed E-state index contributed by atoms with van der Waals surface area (Å²) >= 11 is 0. The molecule has 0 spiro atoms. The first-order valence-corrected chi connectivity index (χ1v) is 11.0. The van der Waals surface area contributed by atoms with Gasteiger partial charge in [-0.2, -0.15) is 0 Å². The normalized spacial score (nSPS) is 10.7. The number of nitrogens with zero attached hydrogens (tertiary/aromatic N) is 1. The van der Waals surface area contributed by atoms with Crippen LogP contribution in [0.2, 0.25) is 0 Å². The van der Waals surface area contributed by atoms with E-state index in [9.17, 15) is 14.7 Å². The third-order valence-corrected chi connectivity index (χ3v) is 5.17. The lowest BCUT2D eigenvalue weighted by Gasteiger charge is -2.10. The van der Waals surface area contributed by atoms with E-state index in [-0.39, 0.29) is 30.2 Å². The summed E-state index contributed by atoms with van der Waals surface area (Å²) in [6, 6.07) is 21.1. The maximum atomic E-state index is 12.4. The number of anilines is 1. The number of rotatable bonds is 10. The molecule has 35 heavy (non-hydrogen) atoms. The SMILES string of the molecule is O=C(Cc1ccc(Oc2ccc3ccc(OCCCO)cc3c2)nc1)Nc1ccccc1C(=O)O. The number of hydrogen-bond donors (Lipinski definition) is 3. The van der Waals surface area contributed by atoms with E-state index in [0.717, 1.165) is 16.5 Å². The number of fused-ring (bicyclic) bond motifs is 1. The zero-order chi connectivity index (χ0) is 24.6. The third kappa shape index (κ3) is 6.33. The fraction of sp³-hybridized carbons (Fsp3) is 0.148. The quantitative estimate of drug-likeness (QED) is 0.287. The van der Waals surface area contributed by atoms with Gasteiger partial charge in [0.15, 0.2) is 0 Å². The van der Waals surface area contributed by atoms with E-state index in [1.807, 2.05) is 36.4 Å². The highest BCUT2D eigenvalue weighted by Gasteiger charge is 2.12. The van der Waals surface area contributed by atoms with Crippen LogP contribution in [0.3, 0.4) is 0 Å². The number of aromatic carboxylic acids is 1. The predicted octanol–water partition coefficient (Wildman–Crippen LogP) is 4.67. The lowest BCUT2D eigenvalue weighted by atomic mass is 10.1. The molecule has 0 radical (unpaired) electrons. The van der Waals surface area contributed by atoms with Crippen LogP contribution < -0.4 is 14.8 Å². The molecule has 0 aliphatic carbocycles. The summed E-state index contributed by atoms with van der Waals surface area (Å²) in [6.07, 6.45) is 2.16. The van der Waals surface area contributed by atoms with Crippen LogP contribution in [-0.2, 0) is 11.2 Å². The van der Waals surface area contributed by atoms with Gasteiger partial charge in [-0.05, 0) is 52.7 Å². The second-order valence-electron chi connectivity index (χ2n) is 7.78. The monoisotopic (exact) mass is 472 g/mol. The van der Waals surface area contributed by atoms with Crippen LogP contribution in [0.5, 0.6) is 17.4 Å². The topological polar surface area (TPSA) is 118 Å². The summed E-state index contributed by atoms with van der Waals surface area (Å²) in [5.74, 6) is 0.243. The second kappa shape index (κ2) is 11.1. The summed E-state index contributed by atoms with van der Waals surface area (Å²) in [5, 5.41) is 22.8. The molecule has 8 heteroatoms. The first kappa shape index (κ1) is 23.7. The minimum Gasteiger partial charge on any atom is -0.493 e. The fourth-order valence-corrected chi connectivity index (χ4v) is 3.47. The highest BCUT2D eigenvalue weighted by molar-refractivity contribution is 6.01. The highest BCUT2D eigenvalue weighted by Crippen LogP contribution is 2.27. The predicted molar refractivity (Wildman–Crippen MR) is 131 cm³/mol. The molecule has 0 atom stereocenters. The zero-order valence-electron chi connectivity index (χ0n) is 18.8. The Labute approximate surface area is 201 Å². The largest absolute Gasteiger partial charge is 0.493 e. The molecule has 0 fully saturated rings. The number of benzene rings is 3. The van der Waals surface area contributed by atoms with Gasteiger partial charge in [0.1, 0.15) is 11.5 Å². The third-order valence-electron chi connectivity index (χ3n) is 5.17. The molecule has 1 amide bonds. The lowest BCUT2D eigenvalue weighted by Crippen LogP contribution is -2.16. The van der Waals surface area contributed by atoms with E-state index in [4.69, 9.17) is 14.6 Å². The Hall–Kier alpha value is -4.43. The summed E-state index contributed by atoms with van der Waals surface area (Å²) in [7, 11) is 0. The number of amides is 1. The van der Waals surface area contributed by atoms with E-state index in [1.165, 1.54) is 6.07 Å². The summed E-state index contributed by atoms with van der Waals surface area (Å²) < 4.78 is 11.5. The van der Waals surface area contributed by atoms with Crippen molar-refractivity contribution in [2.75, 3.05) is 18.5 Å². The molecule has 4 rings (SSSR count). The number of nitrogens with one attached hydrogen (secondary N) is 1. The number of aromatic nitrogens is 1. The molecule has 0 aliphatic rings. The molecule has 0 aliphatic heterocycles. The number of carbonyl (C=O) groups is 2. The number of hydrogen-bond acceptors (Lipinski definition) is 6. The van der Waals surface area contributed by atoms with Gasteiger partial charge in [-0.1, -0.05) is 30.3 Å². The lowest BCUT2D eigenvalue weighted by molar-refractivity contribution is -0.115. The first-order valence-electron chi connectivity index (χ1n) is 11.0. The molecule has 1 heterocycles. The van der Waals surface area contributed by atoms with Crippen LogP contribution in [0.1, 0.15) is 22.3 Å².